The first kappa shape index (κ1) is 13.5. The van der Waals surface area contributed by atoms with Crippen molar-refractivity contribution in [3.8, 4) is 0 Å². The van der Waals surface area contributed by atoms with E-state index in [4.69, 9.17) is 34.8 Å². The number of aromatic nitrogens is 1. The van der Waals surface area contributed by atoms with E-state index in [0.29, 0.717) is 0 Å². The minimum absolute atomic E-state index is 0. The molecule has 1 rings (SSSR count). The van der Waals surface area contributed by atoms with Gasteiger partial charge in [0.25, 0.3) is 0 Å². The van der Waals surface area contributed by atoms with Crippen molar-refractivity contribution in [3.05, 3.63) is 27.0 Å². The fourth-order valence-electron chi connectivity index (χ4n) is 0.587. The Kier molecular flexibility index (Phi) is 5.59. The Bertz CT molecular complexity index is 345. The maximum Gasteiger partial charge on any atom is 1.00 e. The van der Waals surface area contributed by atoms with Gasteiger partial charge in [-0.2, -0.15) is 0 Å². The normalized spacial score (nSPS) is 9.15. The van der Waals surface area contributed by atoms with Crippen molar-refractivity contribution in [2.75, 3.05) is 0 Å². The van der Waals surface area contributed by atoms with Gasteiger partial charge in [-0.25, -0.2) is 4.98 Å². The Morgan fingerprint density at radius 2 is 1.85 bits per heavy atom. The summed E-state index contributed by atoms with van der Waals surface area (Å²) in [6.45, 7) is 0. The summed E-state index contributed by atoms with van der Waals surface area (Å²) in [5, 5.41) is 10.2. The van der Waals surface area contributed by atoms with Crippen LogP contribution in [0.3, 0.4) is 0 Å². The van der Waals surface area contributed by atoms with Gasteiger partial charge in [-0.15, -0.1) is 0 Å². The number of halogens is 3. The molecule has 13 heavy (non-hydrogen) atoms. The summed E-state index contributed by atoms with van der Waals surface area (Å²) in [7, 11) is 0. The topological polar surface area (TPSA) is 53.0 Å². The van der Waals surface area contributed by atoms with Gasteiger partial charge in [0.15, 0.2) is 0 Å². The maximum atomic E-state index is 10.3. The zero-order valence-electron chi connectivity index (χ0n) is 6.47. The number of carbonyl (C=O) groups excluding carboxylic acids is 1. The quantitative estimate of drug-likeness (QED) is 0.445. The Balaban J connectivity index is 0.00000144. The van der Waals surface area contributed by atoms with Crippen molar-refractivity contribution in [2.24, 2.45) is 0 Å². The Morgan fingerprint density at radius 3 is 2.31 bits per heavy atom. The predicted molar refractivity (Wildman–Crippen MR) is 43.6 cm³/mol. The summed E-state index contributed by atoms with van der Waals surface area (Å²) in [5.41, 5.74) is -0.411. The van der Waals surface area contributed by atoms with Gasteiger partial charge in [0, 0.05) is 0 Å². The van der Waals surface area contributed by atoms with Gasteiger partial charge in [-0.3, -0.25) is 0 Å². The van der Waals surface area contributed by atoms with Crippen LogP contribution in [0.1, 0.15) is 10.5 Å². The third kappa shape index (κ3) is 3.27. The molecule has 0 radical (unpaired) electrons. The van der Waals surface area contributed by atoms with Gasteiger partial charge in [-0.05, 0) is 6.07 Å². The monoisotopic (exact) mass is 247 g/mol. The Morgan fingerprint density at radius 1 is 1.31 bits per heavy atom. The second-order valence-corrected chi connectivity index (χ2v) is 3.05. The molecule has 0 aliphatic rings. The number of pyridine rings is 1. The number of hydrogen-bond acceptors (Lipinski definition) is 3. The number of rotatable bonds is 1. The largest absolute Gasteiger partial charge is 1.00 e. The maximum absolute atomic E-state index is 10.3. The van der Waals surface area contributed by atoms with E-state index in [1.54, 1.807) is 0 Å². The van der Waals surface area contributed by atoms with Gasteiger partial charge in [0.05, 0.1) is 16.0 Å². The standard InChI is InChI=1S/C6H2Cl3NO2.Na/c7-2-1-3(8)5(9)10-4(2)6(11)12;/h1H,(H,11,12);/q;+1/p-1. The molecule has 7 heteroatoms. The molecule has 0 aromatic carbocycles. The van der Waals surface area contributed by atoms with E-state index < -0.39 is 11.7 Å². The van der Waals surface area contributed by atoms with Crippen LogP contribution in [0.4, 0.5) is 0 Å². The summed E-state index contributed by atoms with van der Waals surface area (Å²) < 4.78 is 0. The van der Waals surface area contributed by atoms with Crippen LogP contribution in [0.2, 0.25) is 15.2 Å². The van der Waals surface area contributed by atoms with Crippen LogP contribution in [0, 0.1) is 0 Å². The SMILES string of the molecule is O=C([O-])c1nc(Cl)c(Cl)cc1Cl.[Na+]. The van der Waals surface area contributed by atoms with Gasteiger partial charge >= 0.3 is 29.6 Å². The van der Waals surface area contributed by atoms with Gasteiger partial charge in [0.2, 0.25) is 0 Å². The number of carboxylic acids is 1. The van der Waals surface area contributed by atoms with Crippen molar-refractivity contribution in [3.63, 3.8) is 0 Å². The van der Waals surface area contributed by atoms with E-state index in [0.717, 1.165) is 0 Å². The summed E-state index contributed by atoms with van der Waals surface area (Å²) in [6, 6.07) is 1.20. The van der Waals surface area contributed by atoms with Crippen LogP contribution in [-0.2, 0) is 0 Å². The molecule has 3 nitrogen and oxygen atoms in total. The molecule has 0 aliphatic heterocycles. The van der Waals surface area contributed by atoms with Crippen LogP contribution in [-0.4, -0.2) is 11.0 Å². The van der Waals surface area contributed by atoms with E-state index in [1.807, 2.05) is 0 Å². The van der Waals surface area contributed by atoms with E-state index in [1.165, 1.54) is 6.07 Å². The second-order valence-electron chi connectivity index (χ2n) is 1.88. The zero-order chi connectivity index (χ0) is 9.30. The molecule has 0 amide bonds. The third-order valence-corrected chi connectivity index (χ3v) is 2.04. The number of carboxylic acid groups (broad SMARTS) is 1. The molecule has 0 unspecified atom stereocenters. The first-order chi connectivity index (χ1) is 5.52. The van der Waals surface area contributed by atoms with Crippen molar-refractivity contribution in [1.29, 1.82) is 0 Å². The molecule has 0 bridgehead atoms. The molecule has 64 valence electrons. The van der Waals surface area contributed by atoms with E-state index in [-0.39, 0.29) is 44.8 Å². The molecule has 1 aromatic rings. The zero-order valence-corrected chi connectivity index (χ0v) is 10.7. The van der Waals surface area contributed by atoms with Gasteiger partial charge in [0.1, 0.15) is 10.8 Å². The second kappa shape index (κ2) is 5.39. The minimum atomic E-state index is -1.49. The average Bonchev–Trinajstić information content (AvgIpc) is 1.96. The molecule has 0 spiro atoms. The van der Waals surface area contributed by atoms with E-state index in [9.17, 15) is 9.90 Å². The molecule has 1 aromatic heterocycles. The van der Waals surface area contributed by atoms with Crippen molar-refractivity contribution in [1.82, 2.24) is 4.98 Å². The average molecular weight is 248 g/mol. The molecule has 0 aliphatic carbocycles. The van der Waals surface area contributed by atoms with Crippen molar-refractivity contribution in [2.45, 2.75) is 0 Å². The van der Waals surface area contributed by atoms with Crippen LogP contribution < -0.4 is 34.7 Å². The third-order valence-electron chi connectivity index (χ3n) is 1.08. The first-order valence-electron chi connectivity index (χ1n) is 2.75. The first-order valence-corrected chi connectivity index (χ1v) is 3.88. The molecule has 0 saturated carbocycles. The summed E-state index contributed by atoms with van der Waals surface area (Å²) in [6.07, 6.45) is 0. The minimum Gasteiger partial charge on any atom is -0.543 e. The number of hydrogen-bond donors (Lipinski definition) is 0. The van der Waals surface area contributed by atoms with E-state index >= 15 is 0 Å². The van der Waals surface area contributed by atoms with Crippen molar-refractivity contribution >= 4 is 40.8 Å². The molecule has 0 saturated heterocycles. The van der Waals surface area contributed by atoms with Crippen LogP contribution in [0.15, 0.2) is 6.07 Å². The smallest absolute Gasteiger partial charge is 0.543 e. The van der Waals surface area contributed by atoms with Gasteiger partial charge in [-0.1, -0.05) is 34.8 Å². The predicted octanol–water partition coefficient (Wildman–Crippen LogP) is -1.59. The van der Waals surface area contributed by atoms with Crippen molar-refractivity contribution < 1.29 is 39.5 Å². The van der Waals surface area contributed by atoms with E-state index in [2.05, 4.69) is 4.98 Å². The molecule has 0 atom stereocenters. The van der Waals surface area contributed by atoms with Crippen LogP contribution in [0.25, 0.3) is 0 Å². The molecular weight excluding hydrogens is 247 g/mol. The Labute approximate surface area is 111 Å². The number of nitrogens with zero attached hydrogens (tertiary/aromatic N) is 1. The molecular formula is C6HCl3NNaO2. The van der Waals surface area contributed by atoms with Crippen LogP contribution in [0.5, 0.6) is 0 Å². The fraction of sp³-hybridized carbons (Fsp3) is 0. The Hall–Kier alpha value is 0.490. The summed E-state index contributed by atoms with van der Waals surface area (Å²) in [4.78, 5) is 13.7. The summed E-state index contributed by atoms with van der Waals surface area (Å²) >= 11 is 16.4. The van der Waals surface area contributed by atoms with Crippen LogP contribution >= 0.6 is 34.8 Å². The molecule has 0 fully saturated rings. The number of carbonyl (C=O) groups is 1. The van der Waals surface area contributed by atoms with Gasteiger partial charge < -0.3 is 9.90 Å². The molecule has 0 N–H and O–H groups in total. The fourth-order valence-corrected chi connectivity index (χ4v) is 1.16. The molecule has 1 heterocycles. The number of aromatic carboxylic acids is 1. The summed E-state index contributed by atoms with van der Waals surface area (Å²) in [5.74, 6) is -1.49.